The fourth-order valence-corrected chi connectivity index (χ4v) is 4.67. The first-order valence-corrected chi connectivity index (χ1v) is 9.59. The fourth-order valence-electron chi connectivity index (χ4n) is 4.67. The SMILES string of the molecule is CC1(C(=O)O)CCCCC1(C)C(=O)OC(=O)C1(C)CCCCC1(C)C(=O)O. The van der Waals surface area contributed by atoms with E-state index in [1.54, 1.807) is 0 Å². The summed E-state index contributed by atoms with van der Waals surface area (Å²) in [6, 6.07) is 0. The maximum Gasteiger partial charge on any atom is 0.320 e. The van der Waals surface area contributed by atoms with Crippen molar-refractivity contribution in [1.29, 1.82) is 0 Å². The minimum atomic E-state index is -1.34. The Balaban J connectivity index is 2.32. The van der Waals surface area contributed by atoms with Gasteiger partial charge in [-0.25, -0.2) is 0 Å². The van der Waals surface area contributed by atoms with Crippen molar-refractivity contribution >= 4 is 23.9 Å². The number of carbonyl (C=O) groups is 4. The van der Waals surface area contributed by atoms with Gasteiger partial charge in [-0.3, -0.25) is 19.2 Å². The molecule has 0 amide bonds. The van der Waals surface area contributed by atoms with Crippen molar-refractivity contribution in [2.45, 2.75) is 79.1 Å². The molecule has 0 aromatic carbocycles. The summed E-state index contributed by atoms with van der Waals surface area (Å²) in [5.74, 6) is -3.91. The predicted octanol–water partition coefficient (Wildman–Crippen LogP) is 3.40. The Bertz CT molecular complexity index is 615. The molecule has 0 saturated heterocycles. The fraction of sp³-hybridized carbons (Fsp3) is 0.800. The number of carbonyl (C=O) groups excluding carboxylic acids is 2. The van der Waals surface area contributed by atoms with E-state index in [2.05, 4.69) is 0 Å². The molecule has 0 aromatic heterocycles. The Morgan fingerprint density at radius 1 is 0.593 bits per heavy atom. The lowest BCUT2D eigenvalue weighted by atomic mass is 9.57. The predicted molar refractivity (Wildman–Crippen MR) is 95.7 cm³/mol. The third-order valence-electron chi connectivity index (χ3n) is 7.67. The van der Waals surface area contributed by atoms with Gasteiger partial charge in [0, 0.05) is 0 Å². The highest BCUT2D eigenvalue weighted by Gasteiger charge is 2.61. The molecule has 27 heavy (non-hydrogen) atoms. The zero-order valence-corrected chi connectivity index (χ0v) is 16.6. The van der Waals surface area contributed by atoms with Crippen molar-refractivity contribution in [3.63, 3.8) is 0 Å². The van der Waals surface area contributed by atoms with Gasteiger partial charge in [0.25, 0.3) is 0 Å². The average Bonchev–Trinajstić information content (AvgIpc) is 2.59. The highest BCUT2D eigenvalue weighted by atomic mass is 16.6. The van der Waals surface area contributed by atoms with E-state index in [9.17, 15) is 29.4 Å². The first kappa shape index (κ1) is 21.4. The van der Waals surface area contributed by atoms with E-state index < -0.39 is 45.5 Å². The van der Waals surface area contributed by atoms with Crippen molar-refractivity contribution < 1.29 is 34.1 Å². The quantitative estimate of drug-likeness (QED) is 0.565. The molecule has 0 bridgehead atoms. The van der Waals surface area contributed by atoms with E-state index in [1.165, 1.54) is 27.7 Å². The monoisotopic (exact) mass is 382 g/mol. The van der Waals surface area contributed by atoms with Crippen molar-refractivity contribution in [2.75, 3.05) is 0 Å². The van der Waals surface area contributed by atoms with Crippen LogP contribution in [-0.2, 0) is 23.9 Å². The number of aliphatic carboxylic acids is 2. The number of carboxylic acid groups (broad SMARTS) is 2. The van der Waals surface area contributed by atoms with Gasteiger partial charge in [-0.2, -0.15) is 0 Å². The number of ether oxygens (including phenoxy) is 1. The molecule has 2 aliphatic carbocycles. The first-order valence-electron chi connectivity index (χ1n) is 9.59. The Kier molecular flexibility index (Phi) is 5.47. The molecule has 4 unspecified atom stereocenters. The first-order chi connectivity index (χ1) is 12.3. The van der Waals surface area contributed by atoms with Crippen LogP contribution in [-0.4, -0.2) is 34.1 Å². The molecule has 2 N–H and O–H groups in total. The van der Waals surface area contributed by atoms with Gasteiger partial charge >= 0.3 is 23.9 Å². The molecule has 0 aromatic rings. The Morgan fingerprint density at radius 3 is 1.11 bits per heavy atom. The Labute approximate surface area is 159 Å². The van der Waals surface area contributed by atoms with Crippen LogP contribution < -0.4 is 0 Å². The molecule has 0 spiro atoms. The molecule has 0 heterocycles. The third kappa shape index (κ3) is 3.05. The van der Waals surface area contributed by atoms with Crippen molar-refractivity contribution in [3.05, 3.63) is 0 Å². The summed E-state index contributed by atoms with van der Waals surface area (Å²) in [6.07, 6.45) is 4.00. The summed E-state index contributed by atoms with van der Waals surface area (Å²) in [5, 5.41) is 19.4. The van der Waals surface area contributed by atoms with Gasteiger partial charge in [-0.15, -0.1) is 0 Å². The molecular formula is C20H30O7. The third-order valence-corrected chi connectivity index (χ3v) is 7.67. The molecule has 0 radical (unpaired) electrons. The molecule has 152 valence electrons. The smallest absolute Gasteiger partial charge is 0.320 e. The molecule has 2 aliphatic rings. The highest BCUT2D eigenvalue weighted by molar-refractivity contribution is 5.97. The van der Waals surface area contributed by atoms with Gasteiger partial charge in [0.15, 0.2) is 0 Å². The zero-order chi connectivity index (χ0) is 20.7. The topological polar surface area (TPSA) is 118 Å². The number of hydrogen-bond acceptors (Lipinski definition) is 5. The van der Waals surface area contributed by atoms with E-state index in [0.717, 1.165) is 0 Å². The Morgan fingerprint density at radius 2 is 0.852 bits per heavy atom. The number of rotatable bonds is 4. The number of esters is 2. The van der Waals surface area contributed by atoms with Crippen LogP contribution in [0.15, 0.2) is 0 Å². The lowest BCUT2D eigenvalue weighted by Gasteiger charge is -2.47. The number of carboxylic acids is 2. The van der Waals surface area contributed by atoms with Crippen LogP contribution in [0.2, 0.25) is 0 Å². The second-order valence-electron chi connectivity index (χ2n) is 9.03. The second-order valence-corrected chi connectivity index (χ2v) is 9.03. The van der Waals surface area contributed by atoms with Crippen molar-refractivity contribution in [3.8, 4) is 0 Å². The molecule has 7 nitrogen and oxygen atoms in total. The standard InChI is InChI=1S/C20H30O7/c1-17(13(21)22)9-5-7-11-19(17,3)15(25)27-16(26)20(4)12-8-6-10-18(20,2)14(23)24/h5-12H2,1-4H3,(H,21,22)(H,23,24). The lowest BCUT2D eigenvalue weighted by molar-refractivity contribution is -0.195. The molecule has 2 saturated carbocycles. The molecule has 2 fully saturated rings. The van der Waals surface area contributed by atoms with Crippen LogP contribution in [0.5, 0.6) is 0 Å². The van der Waals surface area contributed by atoms with Gasteiger partial charge in [-0.05, 0) is 53.4 Å². The zero-order valence-electron chi connectivity index (χ0n) is 16.6. The summed E-state index contributed by atoms with van der Waals surface area (Å²) in [5.41, 5.74) is -5.33. The maximum absolute atomic E-state index is 13.0. The summed E-state index contributed by atoms with van der Waals surface area (Å²) in [7, 11) is 0. The molecule has 0 aliphatic heterocycles. The maximum atomic E-state index is 13.0. The summed E-state index contributed by atoms with van der Waals surface area (Å²) in [4.78, 5) is 49.7. The van der Waals surface area contributed by atoms with Crippen molar-refractivity contribution in [1.82, 2.24) is 0 Å². The van der Waals surface area contributed by atoms with E-state index in [-0.39, 0.29) is 0 Å². The minimum Gasteiger partial charge on any atom is -0.481 e. The summed E-state index contributed by atoms with van der Waals surface area (Å²) in [6.45, 7) is 6.11. The summed E-state index contributed by atoms with van der Waals surface area (Å²) >= 11 is 0. The van der Waals surface area contributed by atoms with Crippen LogP contribution in [0, 0.1) is 21.7 Å². The lowest BCUT2D eigenvalue weighted by Crippen LogP contribution is -2.55. The highest BCUT2D eigenvalue weighted by Crippen LogP contribution is 2.54. The van der Waals surface area contributed by atoms with Gasteiger partial charge in [0.2, 0.25) is 0 Å². The van der Waals surface area contributed by atoms with E-state index in [0.29, 0.717) is 51.4 Å². The minimum absolute atomic E-state index is 0.314. The number of hydrogen-bond donors (Lipinski definition) is 2. The summed E-state index contributed by atoms with van der Waals surface area (Å²) < 4.78 is 5.22. The van der Waals surface area contributed by atoms with Gasteiger partial charge in [0.1, 0.15) is 0 Å². The van der Waals surface area contributed by atoms with E-state index in [4.69, 9.17) is 4.74 Å². The van der Waals surface area contributed by atoms with Gasteiger partial charge in [-0.1, -0.05) is 25.7 Å². The molecule has 7 heteroatoms. The largest absolute Gasteiger partial charge is 0.481 e. The van der Waals surface area contributed by atoms with Crippen molar-refractivity contribution in [2.24, 2.45) is 21.7 Å². The van der Waals surface area contributed by atoms with E-state index in [1.807, 2.05) is 0 Å². The average molecular weight is 382 g/mol. The molecule has 2 rings (SSSR count). The van der Waals surface area contributed by atoms with E-state index >= 15 is 0 Å². The van der Waals surface area contributed by atoms with Gasteiger partial charge in [0.05, 0.1) is 21.7 Å². The van der Waals surface area contributed by atoms with Crippen LogP contribution in [0.25, 0.3) is 0 Å². The molecule has 4 atom stereocenters. The van der Waals surface area contributed by atoms with Crippen LogP contribution in [0.1, 0.15) is 79.1 Å². The van der Waals surface area contributed by atoms with Crippen LogP contribution in [0.4, 0.5) is 0 Å². The van der Waals surface area contributed by atoms with Crippen LogP contribution in [0.3, 0.4) is 0 Å². The molecular weight excluding hydrogens is 352 g/mol. The van der Waals surface area contributed by atoms with Crippen LogP contribution >= 0.6 is 0 Å². The Hall–Kier alpha value is -1.92. The normalized spacial score (nSPS) is 39.4. The second kappa shape index (κ2) is 6.91. The van der Waals surface area contributed by atoms with Gasteiger partial charge < -0.3 is 14.9 Å².